The Morgan fingerprint density at radius 2 is 1.38 bits per heavy atom. The van der Waals surface area contributed by atoms with Crippen LogP contribution < -0.4 is 0 Å². The van der Waals surface area contributed by atoms with Gasteiger partial charge in [-0.25, -0.2) is 0 Å². The van der Waals surface area contributed by atoms with E-state index in [9.17, 15) is 5.11 Å². The lowest BCUT2D eigenvalue weighted by Crippen LogP contribution is -2.47. The molecule has 0 aliphatic heterocycles. The first-order valence-corrected chi connectivity index (χ1v) is 4.68. The summed E-state index contributed by atoms with van der Waals surface area (Å²) in [6, 6.07) is -0.0616. The molecule has 3 atom stereocenters. The second-order valence-corrected chi connectivity index (χ2v) is 3.61. The van der Waals surface area contributed by atoms with Gasteiger partial charge in [-0.3, -0.25) is 4.90 Å². The Morgan fingerprint density at radius 1 is 1.00 bits per heavy atom. The third-order valence-corrected chi connectivity index (χ3v) is 2.14. The summed E-state index contributed by atoms with van der Waals surface area (Å²) in [5.74, 6) is 0. The van der Waals surface area contributed by atoms with Gasteiger partial charge in [0, 0.05) is 18.6 Å². The highest BCUT2D eigenvalue weighted by atomic mass is 16.3. The number of aliphatic hydroxyl groups excluding tert-OH is 3. The van der Waals surface area contributed by atoms with Crippen molar-refractivity contribution in [1.82, 2.24) is 4.90 Å². The van der Waals surface area contributed by atoms with Crippen molar-refractivity contribution in [2.75, 3.05) is 19.8 Å². The van der Waals surface area contributed by atoms with Crippen LogP contribution in [0.1, 0.15) is 20.8 Å². The van der Waals surface area contributed by atoms with Crippen LogP contribution in [0, 0.1) is 0 Å². The molecule has 0 aliphatic carbocycles. The van der Waals surface area contributed by atoms with Crippen LogP contribution in [0.4, 0.5) is 0 Å². The summed E-state index contributed by atoms with van der Waals surface area (Å²) in [7, 11) is 0. The van der Waals surface area contributed by atoms with E-state index in [1.165, 1.54) is 0 Å². The van der Waals surface area contributed by atoms with Gasteiger partial charge in [-0.05, 0) is 20.8 Å². The maximum Gasteiger partial charge on any atom is 0.0639 e. The summed E-state index contributed by atoms with van der Waals surface area (Å²) in [6.07, 6.45) is -0.442. The van der Waals surface area contributed by atoms with Gasteiger partial charge in [0.15, 0.2) is 0 Å². The van der Waals surface area contributed by atoms with E-state index >= 15 is 0 Å². The molecule has 80 valence electrons. The molecule has 0 rings (SSSR count). The van der Waals surface area contributed by atoms with E-state index in [1.807, 2.05) is 18.7 Å². The summed E-state index contributed by atoms with van der Waals surface area (Å²) in [5, 5.41) is 27.1. The predicted octanol–water partition coefficient (Wildman–Crippen LogP) is -0.569. The fraction of sp³-hybridized carbons (Fsp3) is 1.00. The molecule has 13 heavy (non-hydrogen) atoms. The number of hydrogen-bond donors (Lipinski definition) is 3. The summed E-state index contributed by atoms with van der Waals surface area (Å²) in [4.78, 5) is 1.89. The molecule has 0 saturated heterocycles. The molecular formula is C9H21NO3. The molecule has 0 radical (unpaired) electrons. The molecule has 0 amide bonds. The minimum atomic E-state index is -0.442. The Labute approximate surface area is 79.8 Å². The summed E-state index contributed by atoms with van der Waals surface area (Å²) in [6.45, 7) is 5.99. The lowest BCUT2D eigenvalue weighted by atomic mass is 10.2. The highest BCUT2D eigenvalue weighted by molar-refractivity contribution is 4.74. The van der Waals surface area contributed by atoms with Crippen molar-refractivity contribution in [3.05, 3.63) is 0 Å². The van der Waals surface area contributed by atoms with E-state index in [1.54, 1.807) is 6.92 Å². The van der Waals surface area contributed by atoms with E-state index in [0.29, 0.717) is 6.54 Å². The van der Waals surface area contributed by atoms with Gasteiger partial charge >= 0.3 is 0 Å². The maximum atomic E-state index is 9.21. The average Bonchev–Trinajstić information content (AvgIpc) is 2.11. The predicted molar refractivity (Wildman–Crippen MR) is 51.5 cm³/mol. The minimum absolute atomic E-state index is 0.0308. The molecule has 0 aromatic rings. The van der Waals surface area contributed by atoms with Gasteiger partial charge in [0.2, 0.25) is 0 Å². The van der Waals surface area contributed by atoms with Crippen molar-refractivity contribution in [3.8, 4) is 0 Å². The Balaban J connectivity index is 4.17. The van der Waals surface area contributed by atoms with Crippen molar-refractivity contribution in [2.45, 2.75) is 39.0 Å². The van der Waals surface area contributed by atoms with E-state index in [4.69, 9.17) is 10.2 Å². The van der Waals surface area contributed by atoms with Gasteiger partial charge in [0.25, 0.3) is 0 Å². The molecule has 3 unspecified atom stereocenters. The zero-order valence-electron chi connectivity index (χ0n) is 8.64. The highest BCUT2D eigenvalue weighted by Crippen LogP contribution is 2.06. The van der Waals surface area contributed by atoms with Gasteiger partial charge in [-0.1, -0.05) is 0 Å². The largest absolute Gasteiger partial charge is 0.395 e. The van der Waals surface area contributed by atoms with Gasteiger partial charge < -0.3 is 15.3 Å². The molecule has 0 fully saturated rings. The van der Waals surface area contributed by atoms with Gasteiger partial charge in [0.1, 0.15) is 0 Å². The van der Waals surface area contributed by atoms with Crippen LogP contribution in [0.5, 0.6) is 0 Å². The number of hydrogen-bond acceptors (Lipinski definition) is 4. The molecule has 0 saturated carbocycles. The van der Waals surface area contributed by atoms with E-state index in [0.717, 1.165) is 0 Å². The lowest BCUT2D eigenvalue weighted by molar-refractivity contribution is 0.0313. The number of nitrogens with zero attached hydrogens (tertiary/aromatic N) is 1. The maximum absolute atomic E-state index is 9.21. The normalized spacial score (nSPS) is 18.7. The van der Waals surface area contributed by atoms with Gasteiger partial charge in [0.05, 0.1) is 19.3 Å². The quantitative estimate of drug-likeness (QED) is 0.526. The number of rotatable bonds is 6. The van der Waals surface area contributed by atoms with Crippen LogP contribution in [-0.4, -0.2) is 58.2 Å². The Bertz CT molecular complexity index is 120. The summed E-state index contributed by atoms with van der Waals surface area (Å²) in [5.41, 5.74) is 0. The summed E-state index contributed by atoms with van der Waals surface area (Å²) < 4.78 is 0. The molecule has 0 heterocycles. The van der Waals surface area contributed by atoms with Crippen molar-refractivity contribution in [2.24, 2.45) is 0 Å². The molecular weight excluding hydrogens is 170 g/mol. The fourth-order valence-corrected chi connectivity index (χ4v) is 1.31. The van der Waals surface area contributed by atoms with Crippen LogP contribution in [0.3, 0.4) is 0 Å². The topological polar surface area (TPSA) is 63.9 Å². The van der Waals surface area contributed by atoms with Crippen molar-refractivity contribution in [3.63, 3.8) is 0 Å². The molecule has 0 spiro atoms. The van der Waals surface area contributed by atoms with Crippen LogP contribution in [-0.2, 0) is 0 Å². The Kier molecular flexibility index (Phi) is 6.24. The van der Waals surface area contributed by atoms with Crippen molar-refractivity contribution >= 4 is 0 Å². The zero-order chi connectivity index (χ0) is 10.4. The van der Waals surface area contributed by atoms with Crippen molar-refractivity contribution < 1.29 is 15.3 Å². The molecule has 3 N–H and O–H groups in total. The molecule has 0 aliphatic rings. The van der Waals surface area contributed by atoms with Crippen molar-refractivity contribution in [1.29, 1.82) is 0 Å². The van der Waals surface area contributed by atoms with Gasteiger partial charge in [-0.2, -0.15) is 0 Å². The smallest absolute Gasteiger partial charge is 0.0639 e. The van der Waals surface area contributed by atoms with Crippen LogP contribution in [0.25, 0.3) is 0 Å². The second kappa shape index (κ2) is 6.32. The molecule has 0 aromatic carbocycles. The standard InChI is InChI=1S/C9H21NO3/c1-7(5-11)10(4-9(3)13)8(2)6-12/h7-9,11-13H,4-6H2,1-3H3. The third-order valence-electron chi connectivity index (χ3n) is 2.14. The average molecular weight is 191 g/mol. The zero-order valence-corrected chi connectivity index (χ0v) is 8.64. The molecule has 0 bridgehead atoms. The lowest BCUT2D eigenvalue weighted by Gasteiger charge is -2.33. The first kappa shape index (κ1) is 12.8. The minimum Gasteiger partial charge on any atom is -0.395 e. The second-order valence-electron chi connectivity index (χ2n) is 3.61. The SMILES string of the molecule is CC(O)CN(C(C)CO)C(C)CO. The highest BCUT2D eigenvalue weighted by Gasteiger charge is 2.20. The Hall–Kier alpha value is -0.160. The van der Waals surface area contributed by atoms with Gasteiger partial charge in [-0.15, -0.1) is 0 Å². The third kappa shape index (κ3) is 4.57. The van der Waals surface area contributed by atoms with Crippen LogP contribution in [0.15, 0.2) is 0 Å². The number of aliphatic hydroxyl groups is 3. The molecule has 0 aromatic heterocycles. The first-order chi connectivity index (χ1) is 6.02. The van der Waals surface area contributed by atoms with E-state index in [2.05, 4.69) is 0 Å². The molecule has 4 heteroatoms. The van der Waals surface area contributed by atoms with Crippen LogP contribution >= 0.6 is 0 Å². The monoisotopic (exact) mass is 191 g/mol. The molecule has 4 nitrogen and oxygen atoms in total. The van der Waals surface area contributed by atoms with E-state index < -0.39 is 6.10 Å². The fourth-order valence-electron chi connectivity index (χ4n) is 1.31. The first-order valence-electron chi connectivity index (χ1n) is 4.68. The summed E-state index contributed by atoms with van der Waals surface area (Å²) >= 11 is 0. The Morgan fingerprint density at radius 3 is 1.62 bits per heavy atom. The van der Waals surface area contributed by atoms with Crippen LogP contribution in [0.2, 0.25) is 0 Å². The van der Waals surface area contributed by atoms with E-state index in [-0.39, 0.29) is 25.3 Å².